The molecule has 1 N–H and O–H groups in total. The summed E-state index contributed by atoms with van der Waals surface area (Å²) in [5, 5.41) is 3.62. The van der Waals surface area contributed by atoms with Crippen molar-refractivity contribution in [3.05, 3.63) is 63.1 Å². The minimum absolute atomic E-state index is 0.00100. The Kier molecular flexibility index (Phi) is 9.61. The number of nitrogens with zero attached hydrogens (tertiary/aromatic N) is 1. The van der Waals surface area contributed by atoms with Crippen LogP contribution in [0.2, 0.25) is 5.02 Å². The van der Waals surface area contributed by atoms with Crippen LogP contribution in [-0.2, 0) is 21.5 Å². The lowest BCUT2D eigenvalue weighted by Crippen LogP contribution is -2.54. The predicted molar refractivity (Wildman–Crippen MR) is 142 cm³/mol. The first-order valence-corrected chi connectivity index (χ1v) is 12.7. The molecule has 0 fully saturated rings. The Balaban J connectivity index is 2.25. The number of hydrogen-bond acceptors (Lipinski definition) is 3. The summed E-state index contributed by atoms with van der Waals surface area (Å²) in [5.74, 6) is 0.130. The summed E-state index contributed by atoms with van der Waals surface area (Å²) in [6, 6.07) is 12.5. The lowest BCUT2D eigenvalue weighted by molar-refractivity contribution is -0.143. The van der Waals surface area contributed by atoms with Gasteiger partial charge >= 0.3 is 0 Å². The van der Waals surface area contributed by atoms with E-state index >= 15 is 0 Å². The minimum atomic E-state index is -0.627. The van der Waals surface area contributed by atoms with Crippen molar-refractivity contribution in [2.75, 3.05) is 6.61 Å². The summed E-state index contributed by atoms with van der Waals surface area (Å²) in [7, 11) is 0. The highest BCUT2D eigenvalue weighted by Gasteiger charge is 2.31. The second-order valence-electron chi connectivity index (χ2n) is 10.5. The Morgan fingerprint density at radius 3 is 2.18 bits per heavy atom. The van der Waals surface area contributed by atoms with Gasteiger partial charge in [0.1, 0.15) is 11.8 Å². The number of ether oxygens (including phenoxy) is 1. The molecule has 34 heavy (non-hydrogen) atoms. The molecule has 0 radical (unpaired) electrons. The fraction of sp³-hybridized carbons (Fsp3) is 0.481. The van der Waals surface area contributed by atoms with Crippen molar-refractivity contribution in [3.8, 4) is 5.75 Å². The molecule has 0 aliphatic rings. The van der Waals surface area contributed by atoms with E-state index in [-0.39, 0.29) is 30.4 Å². The molecule has 0 spiro atoms. The van der Waals surface area contributed by atoms with Crippen molar-refractivity contribution in [2.24, 2.45) is 0 Å². The molecule has 0 unspecified atom stereocenters. The lowest BCUT2D eigenvalue weighted by atomic mass is 9.87. The van der Waals surface area contributed by atoms with Crippen LogP contribution in [0.4, 0.5) is 0 Å². The van der Waals surface area contributed by atoms with E-state index in [0.29, 0.717) is 17.2 Å². The maximum absolute atomic E-state index is 13.4. The van der Waals surface area contributed by atoms with Gasteiger partial charge < -0.3 is 15.0 Å². The van der Waals surface area contributed by atoms with Crippen LogP contribution in [0.25, 0.3) is 0 Å². The van der Waals surface area contributed by atoms with E-state index in [1.54, 1.807) is 17.0 Å². The van der Waals surface area contributed by atoms with Crippen LogP contribution in [0.3, 0.4) is 0 Å². The number of nitrogens with one attached hydrogen (secondary N) is 1. The van der Waals surface area contributed by atoms with Crippen LogP contribution in [0, 0.1) is 0 Å². The molecule has 1 atom stereocenters. The van der Waals surface area contributed by atoms with Gasteiger partial charge in [-0.25, -0.2) is 0 Å². The smallest absolute Gasteiger partial charge is 0.261 e. The average molecular weight is 552 g/mol. The van der Waals surface area contributed by atoms with Crippen LogP contribution in [0.15, 0.2) is 46.9 Å². The molecule has 2 rings (SSSR count). The monoisotopic (exact) mass is 550 g/mol. The second-order valence-corrected chi connectivity index (χ2v) is 11.8. The van der Waals surface area contributed by atoms with Gasteiger partial charge in [0.2, 0.25) is 5.91 Å². The number of halogens is 2. The van der Waals surface area contributed by atoms with E-state index in [9.17, 15) is 9.59 Å². The van der Waals surface area contributed by atoms with Gasteiger partial charge in [-0.1, -0.05) is 57.5 Å². The standard InChI is InChI=1S/C27H36BrClN2O3/c1-8-22(25(33)30-27(5,6)7)31(16-18-9-12-20(29)13-10-18)24(32)17-34-23-14-11-19(15-21(23)28)26(2,3)4/h9-15,22H,8,16-17H2,1-7H3,(H,30,33)/t22-/m0/s1. The fourth-order valence-corrected chi connectivity index (χ4v) is 4.08. The van der Waals surface area contributed by atoms with Crippen molar-refractivity contribution in [1.82, 2.24) is 10.2 Å². The van der Waals surface area contributed by atoms with Crippen LogP contribution in [0.5, 0.6) is 5.75 Å². The summed E-state index contributed by atoms with van der Waals surface area (Å²) in [6.45, 7) is 14.2. The molecule has 0 saturated heterocycles. The first-order chi connectivity index (χ1) is 15.7. The first kappa shape index (κ1) is 28.2. The van der Waals surface area contributed by atoms with Gasteiger partial charge in [0, 0.05) is 17.1 Å². The summed E-state index contributed by atoms with van der Waals surface area (Å²) in [4.78, 5) is 28.0. The number of benzene rings is 2. The highest BCUT2D eigenvalue weighted by molar-refractivity contribution is 9.10. The van der Waals surface area contributed by atoms with Gasteiger partial charge in [0.25, 0.3) is 5.91 Å². The Morgan fingerprint density at radius 1 is 1.06 bits per heavy atom. The van der Waals surface area contributed by atoms with Crippen molar-refractivity contribution in [1.29, 1.82) is 0 Å². The summed E-state index contributed by atoms with van der Waals surface area (Å²) >= 11 is 9.59. The first-order valence-electron chi connectivity index (χ1n) is 11.5. The number of amides is 2. The molecular weight excluding hydrogens is 516 g/mol. The van der Waals surface area contributed by atoms with Crippen molar-refractivity contribution in [3.63, 3.8) is 0 Å². The van der Waals surface area contributed by atoms with Crippen LogP contribution in [0.1, 0.15) is 66.0 Å². The average Bonchev–Trinajstić information content (AvgIpc) is 2.72. The Labute approximate surface area is 217 Å². The number of carbonyl (C=O) groups is 2. The highest BCUT2D eigenvalue weighted by atomic mass is 79.9. The Hall–Kier alpha value is -2.05. The van der Waals surface area contributed by atoms with Gasteiger partial charge in [-0.05, 0) is 83.9 Å². The molecule has 0 aliphatic heterocycles. The van der Waals surface area contributed by atoms with E-state index in [2.05, 4.69) is 42.0 Å². The SMILES string of the molecule is CC[C@@H](C(=O)NC(C)(C)C)N(Cc1ccc(Cl)cc1)C(=O)COc1ccc(C(C)(C)C)cc1Br. The zero-order valence-corrected chi connectivity index (χ0v) is 23.5. The number of hydrogen-bond donors (Lipinski definition) is 1. The zero-order chi connectivity index (χ0) is 25.7. The predicted octanol–water partition coefficient (Wildman–Crippen LogP) is 6.50. The molecule has 2 aromatic carbocycles. The summed E-state index contributed by atoms with van der Waals surface area (Å²) in [5.41, 5.74) is 1.64. The zero-order valence-electron chi connectivity index (χ0n) is 21.2. The van der Waals surface area contributed by atoms with Gasteiger partial charge in [-0.2, -0.15) is 0 Å². The second kappa shape index (κ2) is 11.6. The van der Waals surface area contributed by atoms with Crippen molar-refractivity contribution >= 4 is 39.3 Å². The number of carbonyl (C=O) groups excluding carboxylic acids is 2. The molecule has 0 aromatic heterocycles. The minimum Gasteiger partial charge on any atom is -0.483 e. The van der Waals surface area contributed by atoms with Crippen LogP contribution < -0.4 is 10.1 Å². The topological polar surface area (TPSA) is 58.6 Å². The molecule has 186 valence electrons. The van der Waals surface area contributed by atoms with Crippen molar-refractivity contribution in [2.45, 2.75) is 78.4 Å². The van der Waals surface area contributed by atoms with E-state index in [1.165, 1.54) is 0 Å². The third-order valence-electron chi connectivity index (χ3n) is 5.30. The van der Waals surface area contributed by atoms with E-state index < -0.39 is 11.6 Å². The molecule has 0 bridgehead atoms. The molecule has 5 nitrogen and oxygen atoms in total. The third kappa shape index (κ3) is 8.31. The molecule has 0 aliphatic carbocycles. The van der Waals surface area contributed by atoms with Gasteiger partial charge in [-0.3, -0.25) is 9.59 Å². The Bertz CT molecular complexity index is 994. The van der Waals surface area contributed by atoms with E-state index in [4.69, 9.17) is 16.3 Å². The number of rotatable bonds is 8. The normalized spacial score (nSPS) is 12.7. The molecular formula is C27H36BrClN2O3. The van der Waals surface area contributed by atoms with Gasteiger partial charge in [0.05, 0.1) is 4.47 Å². The largest absolute Gasteiger partial charge is 0.483 e. The van der Waals surface area contributed by atoms with Crippen LogP contribution >= 0.6 is 27.5 Å². The van der Waals surface area contributed by atoms with Crippen LogP contribution in [-0.4, -0.2) is 34.9 Å². The third-order valence-corrected chi connectivity index (χ3v) is 6.17. The Morgan fingerprint density at radius 2 is 1.68 bits per heavy atom. The quantitative estimate of drug-likeness (QED) is 0.407. The molecule has 7 heteroatoms. The van der Waals surface area contributed by atoms with Gasteiger partial charge in [0.15, 0.2) is 6.61 Å². The molecule has 2 amide bonds. The maximum atomic E-state index is 13.4. The maximum Gasteiger partial charge on any atom is 0.261 e. The van der Waals surface area contributed by atoms with Crippen molar-refractivity contribution < 1.29 is 14.3 Å². The summed E-state index contributed by atoms with van der Waals surface area (Å²) in [6.07, 6.45) is 0.477. The highest BCUT2D eigenvalue weighted by Crippen LogP contribution is 2.31. The molecule has 0 saturated carbocycles. The lowest BCUT2D eigenvalue weighted by Gasteiger charge is -2.33. The fourth-order valence-electron chi connectivity index (χ4n) is 3.47. The van der Waals surface area contributed by atoms with Gasteiger partial charge in [-0.15, -0.1) is 0 Å². The molecule has 2 aromatic rings. The van der Waals surface area contributed by atoms with E-state index in [1.807, 2.05) is 58.0 Å². The summed E-state index contributed by atoms with van der Waals surface area (Å²) < 4.78 is 6.68. The molecule has 0 heterocycles. The van der Waals surface area contributed by atoms with E-state index in [0.717, 1.165) is 15.6 Å².